The van der Waals surface area contributed by atoms with E-state index in [9.17, 15) is 4.79 Å². The predicted octanol–water partition coefficient (Wildman–Crippen LogP) is 3.64. The van der Waals surface area contributed by atoms with Gasteiger partial charge < -0.3 is 4.90 Å². The van der Waals surface area contributed by atoms with Crippen molar-refractivity contribution >= 4 is 17.4 Å². The van der Waals surface area contributed by atoms with Gasteiger partial charge in [0.1, 0.15) is 0 Å². The van der Waals surface area contributed by atoms with Crippen molar-refractivity contribution in [1.29, 1.82) is 0 Å². The second-order valence-corrected chi connectivity index (χ2v) is 5.45. The molecule has 0 heterocycles. The minimum atomic E-state index is 0.209. The topological polar surface area (TPSA) is 20.3 Å². The molecule has 3 heteroatoms. The van der Waals surface area contributed by atoms with Crippen molar-refractivity contribution in [2.75, 3.05) is 19.6 Å². The maximum Gasteiger partial charge on any atom is 0.164 e. The minimum Gasteiger partial charge on any atom is -0.303 e. The Morgan fingerprint density at radius 2 is 2.00 bits per heavy atom. The van der Waals surface area contributed by atoms with Crippen molar-refractivity contribution in [2.45, 2.75) is 26.2 Å². The lowest BCUT2D eigenvalue weighted by atomic mass is 10.1. The zero-order valence-electron chi connectivity index (χ0n) is 10.9. The minimum absolute atomic E-state index is 0.209. The van der Waals surface area contributed by atoms with Gasteiger partial charge in [0.2, 0.25) is 0 Å². The van der Waals surface area contributed by atoms with E-state index < -0.39 is 0 Å². The summed E-state index contributed by atoms with van der Waals surface area (Å²) in [5, 5.41) is 0.676. The fraction of sp³-hybridized carbons (Fsp3) is 0.533. The number of carbonyl (C=O) groups excluding carboxylic acids is 1. The van der Waals surface area contributed by atoms with Gasteiger partial charge in [0.15, 0.2) is 5.78 Å². The highest BCUT2D eigenvalue weighted by Crippen LogP contribution is 2.29. The number of hydrogen-bond donors (Lipinski definition) is 0. The van der Waals surface area contributed by atoms with Crippen LogP contribution in [0.3, 0.4) is 0 Å². The van der Waals surface area contributed by atoms with Crippen LogP contribution in [0.25, 0.3) is 0 Å². The summed E-state index contributed by atoms with van der Waals surface area (Å²) in [5.74, 6) is 1.09. The second kappa shape index (κ2) is 6.35. The van der Waals surface area contributed by atoms with Crippen LogP contribution in [-0.2, 0) is 0 Å². The number of hydrogen-bond acceptors (Lipinski definition) is 2. The van der Waals surface area contributed by atoms with Crippen LogP contribution in [0.4, 0.5) is 0 Å². The van der Waals surface area contributed by atoms with Crippen LogP contribution in [0.2, 0.25) is 5.02 Å². The molecule has 0 amide bonds. The van der Waals surface area contributed by atoms with Crippen LogP contribution >= 0.6 is 11.6 Å². The zero-order valence-corrected chi connectivity index (χ0v) is 11.6. The van der Waals surface area contributed by atoms with E-state index in [1.54, 1.807) is 12.1 Å². The second-order valence-electron chi connectivity index (χ2n) is 5.02. The zero-order chi connectivity index (χ0) is 13.0. The van der Waals surface area contributed by atoms with Gasteiger partial charge in [-0.15, -0.1) is 0 Å². The van der Waals surface area contributed by atoms with Gasteiger partial charge in [-0.3, -0.25) is 4.79 Å². The van der Waals surface area contributed by atoms with E-state index in [-0.39, 0.29) is 5.78 Å². The first-order chi connectivity index (χ1) is 8.69. The highest BCUT2D eigenvalue weighted by molar-refractivity contribution is 6.30. The lowest BCUT2D eigenvalue weighted by Gasteiger charge is -2.19. The Labute approximate surface area is 114 Å². The van der Waals surface area contributed by atoms with Gasteiger partial charge in [-0.2, -0.15) is 0 Å². The Hall–Kier alpha value is -0.860. The van der Waals surface area contributed by atoms with E-state index in [0.29, 0.717) is 11.4 Å². The molecule has 1 aromatic carbocycles. The highest BCUT2D eigenvalue weighted by Gasteiger charge is 2.23. The lowest BCUT2D eigenvalue weighted by molar-refractivity contribution is 0.0964. The third-order valence-electron chi connectivity index (χ3n) is 3.48. The van der Waals surface area contributed by atoms with Crippen molar-refractivity contribution in [1.82, 2.24) is 4.90 Å². The van der Waals surface area contributed by atoms with Crippen LogP contribution in [0.1, 0.15) is 36.5 Å². The molecule has 0 spiro atoms. The maximum absolute atomic E-state index is 12.0. The summed E-state index contributed by atoms with van der Waals surface area (Å²) >= 11 is 5.81. The van der Waals surface area contributed by atoms with Crippen LogP contribution in [0, 0.1) is 5.92 Å². The Bertz CT molecular complexity index is 397. The number of nitrogens with zero attached hydrogens (tertiary/aromatic N) is 1. The van der Waals surface area contributed by atoms with E-state index in [1.807, 2.05) is 12.1 Å². The van der Waals surface area contributed by atoms with Crippen LogP contribution < -0.4 is 0 Å². The number of carbonyl (C=O) groups is 1. The Morgan fingerprint density at radius 1 is 1.33 bits per heavy atom. The summed E-state index contributed by atoms with van der Waals surface area (Å²) in [4.78, 5) is 14.4. The molecule has 0 unspecified atom stereocenters. The number of ketones is 1. The first-order valence-electron chi connectivity index (χ1n) is 6.70. The van der Waals surface area contributed by atoms with Gasteiger partial charge in [0.25, 0.3) is 0 Å². The molecular weight excluding hydrogens is 246 g/mol. The fourth-order valence-electron chi connectivity index (χ4n) is 2.08. The van der Waals surface area contributed by atoms with Gasteiger partial charge in [0.05, 0.1) is 0 Å². The molecule has 1 aromatic rings. The van der Waals surface area contributed by atoms with Gasteiger partial charge >= 0.3 is 0 Å². The molecule has 98 valence electrons. The maximum atomic E-state index is 12.0. The van der Waals surface area contributed by atoms with Gasteiger partial charge in [0, 0.05) is 30.1 Å². The molecule has 0 atom stereocenters. The van der Waals surface area contributed by atoms with Crippen LogP contribution in [-0.4, -0.2) is 30.3 Å². The van der Waals surface area contributed by atoms with Gasteiger partial charge in [-0.05, 0) is 49.6 Å². The smallest absolute Gasteiger partial charge is 0.164 e. The lowest BCUT2D eigenvalue weighted by Crippen LogP contribution is -2.28. The summed E-state index contributed by atoms with van der Waals surface area (Å²) in [6.45, 7) is 5.22. The quantitative estimate of drug-likeness (QED) is 0.702. The van der Waals surface area contributed by atoms with E-state index in [2.05, 4.69) is 11.8 Å². The molecule has 18 heavy (non-hydrogen) atoms. The number of halogens is 1. The fourth-order valence-corrected chi connectivity index (χ4v) is 2.21. The van der Waals surface area contributed by atoms with Crippen molar-refractivity contribution in [2.24, 2.45) is 5.92 Å². The molecule has 0 aliphatic heterocycles. The average molecular weight is 266 g/mol. The molecule has 1 aliphatic carbocycles. The molecule has 2 nitrogen and oxygen atoms in total. The van der Waals surface area contributed by atoms with Crippen molar-refractivity contribution in [3.05, 3.63) is 34.9 Å². The molecule has 0 saturated heterocycles. The van der Waals surface area contributed by atoms with Gasteiger partial charge in [-0.1, -0.05) is 18.5 Å². The molecule has 1 saturated carbocycles. The molecule has 1 aliphatic rings. The first kappa shape index (κ1) is 13.6. The molecule has 0 aromatic heterocycles. The van der Waals surface area contributed by atoms with Crippen LogP contribution in [0.5, 0.6) is 0 Å². The standard InChI is InChI=1S/C15H20ClNO/c1-2-17(11-12-3-4-12)10-9-15(18)13-5-7-14(16)8-6-13/h5-8,12H,2-4,9-11H2,1H3. The van der Waals surface area contributed by atoms with E-state index in [4.69, 9.17) is 11.6 Å². The Morgan fingerprint density at radius 3 is 2.56 bits per heavy atom. The molecule has 0 radical (unpaired) electrons. The number of rotatable bonds is 7. The monoisotopic (exact) mass is 265 g/mol. The Balaban J connectivity index is 1.80. The summed E-state index contributed by atoms with van der Waals surface area (Å²) < 4.78 is 0. The SMILES string of the molecule is CCN(CCC(=O)c1ccc(Cl)cc1)CC1CC1. The third-order valence-corrected chi connectivity index (χ3v) is 3.73. The highest BCUT2D eigenvalue weighted by atomic mass is 35.5. The van der Waals surface area contributed by atoms with E-state index in [1.165, 1.54) is 12.8 Å². The molecule has 0 bridgehead atoms. The number of Topliss-reactive ketones (excluding diaryl/α,β-unsaturated/α-hetero) is 1. The average Bonchev–Trinajstić information content (AvgIpc) is 3.18. The predicted molar refractivity (Wildman–Crippen MR) is 75.2 cm³/mol. The summed E-state index contributed by atoms with van der Waals surface area (Å²) in [7, 11) is 0. The van der Waals surface area contributed by atoms with E-state index in [0.717, 1.165) is 31.1 Å². The summed E-state index contributed by atoms with van der Waals surface area (Å²) in [6.07, 6.45) is 3.32. The molecule has 0 N–H and O–H groups in total. The van der Waals surface area contributed by atoms with Crippen LogP contribution in [0.15, 0.2) is 24.3 Å². The van der Waals surface area contributed by atoms with Crippen molar-refractivity contribution in [3.8, 4) is 0 Å². The summed E-state index contributed by atoms with van der Waals surface area (Å²) in [5.41, 5.74) is 0.766. The molecule has 2 rings (SSSR count). The van der Waals surface area contributed by atoms with Gasteiger partial charge in [-0.25, -0.2) is 0 Å². The first-order valence-corrected chi connectivity index (χ1v) is 7.08. The molecular formula is C15H20ClNO. The normalized spacial score (nSPS) is 15.1. The molecule has 1 fully saturated rings. The van der Waals surface area contributed by atoms with E-state index >= 15 is 0 Å². The number of benzene rings is 1. The largest absolute Gasteiger partial charge is 0.303 e. The summed E-state index contributed by atoms with van der Waals surface area (Å²) in [6, 6.07) is 7.16. The third kappa shape index (κ3) is 4.11. The Kier molecular flexibility index (Phi) is 4.79. The van der Waals surface area contributed by atoms with Crippen molar-refractivity contribution < 1.29 is 4.79 Å². The van der Waals surface area contributed by atoms with Crippen molar-refractivity contribution in [3.63, 3.8) is 0 Å².